The summed E-state index contributed by atoms with van der Waals surface area (Å²) in [5.74, 6) is -0.0633. The smallest absolute Gasteiger partial charge is 0.178 e. The lowest BCUT2D eigenvalue weighted by molar-refractivity contribution is 0.0935. The first-order valence-electron chi connectivity index (χ1n) is 5.45. The number of carbonyl (C=O) groups is 1. The highest BCUT2D eigenvalue weighted by atomic mass is 35.5. The molecule has 0 amide bonds. The van der Waals surface area contributed by atoms with E-state index < -0.39 is 0 Å². The summed E-state index contributed by atoms with van der Waals surface area (Å²) in [5.41, 5.74) is 0.445. The lowest BCUT2D eigenvalue weighted by Gasteiger charge is -2.14. The van der Waals surface area contributed by atoms with Crippen molar-refractivity contribution in [2.75, 3.05) is 19.6 Å². The Kier molecular flexibility index (Phi) is 4.05. The van der Waals surface area contributed by atoms with Crippen molar-refractivity contribution in [1.29, 1.82) is 0 Å². The van der Waals surface area contributed by atoms with Gasteiger partial charge in [0, 0.05) is 23.7 Å². The lowest BCUT2D eigenvalue weighted by atomic mass is 10.1. The van der Waals surface area contributed by atoms with Gasteiger partial charge >= 0.3 is 0 Å². The number of aliphatic hydroxyl groups excluding tert-OH is 1. The van der Waals surface area contributed by atoms with Crippen LogP contribution in [-0.4, -0.2) is 41.5 Å². The van der Waals surface area contributed by atoms with Crippen LogP contribution in [0, 0.1) is 0 Å². The summed E-state index contributed by atoms with van der Waals surface area (Å²) in [7, 11) is 0. The maximum absolute atomic E-state index is 12.0. The number of ketones is 1. The Morgan fingerprint density at radius 3 is 2.88 bits per heavy atom. The summed E-state index contributed by atoms with van der Waals surface area (Å²) in [4.78, 5) is 13.9. The Morgan fingerprint density at radius 1 is 1.47 bits per heavy atom. The van der Waals surface area contributed by atoms with Crippen molar-refractivity contribution < 1.29 is 9.90 Å². The highest BCUT2D eigenvalue weighted by Gasteiger charge is 2.23. The van der Waals surface area contributed by atoms with Crippen LogP contribution in [0.1, 0.15) is 16.8 Å². The molecular weight excluding hydrogens is 261 g/mol. The van der Waals surface area contributed by atoms with E-state index in [1.165, 1.54) is 0 Å². The Balaban J connectivity index is 2.06. The second-order valence-electron chi connectivity index (χ2n) is 4.22. The zero-order valence-corrected chi connectivity index (χ0v) is 10.7. The molecule has 0 radical (unpaired) electrons. The second kappa shape index (κ2) is 5.36. The summed E-state index contributed by atoms with van der Waals surface area (Å²) < 4.78 is 0. The van der Waals surface area contributed by atoms with Crippen molar-refractivity contribution >= 4 is 29.0 Å². The first-order chi connectivity index (χ1) is 8.06. The Labute approximate surface area is 110 Å². The molecule has 1 aliphatic rings. The molecule has 0 saturated carbocycles. The molecule has 0 bridgehead atoms. The summed E-state index contributed by atoms with van der Waals surface area (Å²) >= 11 is 11.8. The number of rotatable bonds is 3. The maximum atomic E-state index is 12.0. The van der Waals surface area contributed by atoms with Gasteiger partial charge in [0.15, 0.2) is 5.78 Å². The van der Waals surface area contributed by atoms with E-state index >= 15 is 0 Å². The van der Waals surface area contributed by atoms with Crippen LogP contribution in [-0.2, 0) is 0 Å². The fraction of sp³-hybridized carbons (Fsp3) is 0.417. The minimum atomic E-state index is -0.322. The van der Waals surface area contributed by atoms with E-state index in [9.17, 15) is 9.90 Å². The molecule has 1 N–H and O–H groups in total. The summed E-state index contributed by atoms with van der Waals surface area (Å²) in [6, 6.07) is 4.86. The molecule has 3 nitrogen and oxygen atoms in total. The largest absolute Gasteiger partial charge is 0.392 e. The third-order valence-corrected chi connectivity index (χ3v) is 3.41. The van der Waals surface area contributed by atoms with Gasteiger partial charge in [0.25, 0.3) is 0 Å². The predicted octanol–water partition coefficient (Wildman–Crippen LogP) is 2.24. The zero-order valence-electron chi connectivity index (χ0n) is 9.20. The van der Waals surface area contributed by atoms with Crippen LogP contribution in [0.3, 0.4) is 0 Å². The fourth-order valence-corrected chi connectivity index (χ4v) is 2.35. The average Bonchev–Trinajstić information content (AvgIpc) is 2.67. The minimum absolute atomic E-state index is 0.0633. The van der Waals surface area contributed by atoms with E-state index in [1.807, 2.05) is 4.90 Å². The number of hydrogen-bond donors (Lipinski definition) is 1. The van der Waals surface area contributed by atoms with Crippen LogP contribution in [0.15, 0.2) is 18.2 Å². The van der Waals surface area contributed by atoms with Crippen LogP contribution >= 0.6 is 23.2 Å². The molecule has 92 valence electrons. The van der Waals surface area contributed by atoms with Crippen LogP contribution in [0.25, 0.3) is 0 Å². The number of benzene rings is 1. The Hall–Kier alpha value is -0.610. The molecular formula is C12H13Cl2NO2. The maximum Gasteiger partial charge on any atom is 0.178 e. The number of Topliss-reactive ketones (excluding diaryl/α,β-unsaturated/α-hetero) is 1. The number of halogens is 2. The van der Waals surface area contributed by atoms with Crippen molar-refractivity contribution in [2.24, 2.45) is 0 Å². The standard InChI is InChI=1S/C12H13Cl2NO2/c13-8-1-2-11(14)10(5-8)12(17)7-15-4-3-9(16)6-15/h1-2,5,9,16H,3-4,6-7H2. The van der Waals surface area contributed by atoms with Gasteiger partial charge in [0.05, 0.1) is 17.7 Å². The van der Waals surface area contributed by atoms with E-state index in [4.69, 9.17) is 23.2 Å². The van der Waals surface area contributed by atoms with Crippen molar-refractivity contribution in [3.8, 4) is 0 Å². The highest BCUT2D eigenvalue weighted by Crippen LogP contribution is 2.22. The van der Waals surface area contributed by atoms with Gasteiger partial charge in [-0.25, -0.2) is 0 Å². The van der Waals surface area contributed by atoms with E-state index in [2.05, 4.69) is 0 Å². The van der Waals surface area contributed by atoms with Crippen LogP contribution in [0.4, 0.5) is 0 Å². The number of carbonyl (C=O) groups excluding carboxylic acids is 1. The normalized spacial score (nSPS) is 20.8. The van der Waals surface area contributed by atoms with Crippen molar-refractivity contribution in [1.82, 2.24) is 4.90 Å². The highest BCUT2D eigenvalue weighted by molar-refractivity contribution is 6.36. The number of aliphatic hydroxyl groups is 1. The SMILES string of the molecule is O=C(CN1CCC(O)C1)c1cc(Cl)ccc1Cl. The number of hydrogen-bond acceptors (Lipinski definition) is 3. The monoisotopic (exact) mass is 273 g/mol. The van der Waals surface area contributed by atoms with Gasteiger partial charge in [-0.2, -0.15) is 0 Å². The fourth-order valence-electron chi connectivity index (χ4n) is 1.96. The average molecular weight is 274 g/mol. The zero-order chi connectivity index (χ0) is 12.4. The van der Waals surface area contributed by atoms with Crippen LogP contribution in [0.2, 0.25) is 10.0 Å². The molecule has 1 unspecified atom stereocenters. The molecule has 5 heteroatoms. The molecule has 0 spiro atoms. The van der Waals surface area contributed by atoms with Gasteiger partial charge in [-0.15, -0.1) is 0 Å². The summed E-state index contributed by atoms with van der Waals surface area (Å²) in [6.07, 6.45) is 0.397. The van der Waals surface area contributed by atoms with Gasteiger partial charge < -0.3 is 5.11 Å². The molecule has 1 aliphatic heterocycles. The van der Waals surface area contributed by atoms with Gasteiger partial charge in [0.2, 0.25) is 0 Å². The molecule has 1 atom stereocenters. The Morgan fingerprint density at radius 2 is 2.24 bits per heavy atom. The number of likely N-dealkylation sites (tertiary alicyclic amines) is 1. The lowest BCUT2D eigenvalue weighted by Crippen LogP contribution is -2.28. The predicted molar refractivity (Wildman–Crippen MR) is 67.9 cm³/mol. The van der Waals surface area contributed by atoms with Gasteiger partial charge in [-0.05, 0) is 24.6 Å². The van der Waals surface area contributed by atoms with Gasteiger partial charge in [0.1, 0.15) is 0 Å². The molecule has 0 aliphatic carbocycles. The summed E-state index contributed by atoms with van der Waals surface area (Å²) in [6.45, 7) is 1.56. The van der Waals surface area contributed by atoms with E-state index in [0.717, 1.165) is 13.0 Å². The van der Waals surface area contributed by atoms with E-state index in [1.54, 1.807) is 18.2 Å². The molecule has 1 aromatic rings. The minimum Gasteiger partial charge on any atom is -0.392 e. The third-order valence-electron chi connectivity index (χ3n) is 2.84. The summed E-state index contributed by atoms with van der Waals surface area (Å²) in [5, 5.41) is 10.3. The van der Waals surface area contributed by atoms with Gasteiger partial charge in [-0.3, -0.25) is 9.69 Å². The van der Waals surface area contributed by atoms with Crippen molar-refractivity contribution in [3.05, 3.63) is 33.8 Å². The molecule has 1 fully saturated rings. The second-order valence-corrected chi connectivity index (χ2v) is 5.07. The molecule has 2 rings (SSSR count). The number of nitrogens with zero attached hydrogens (tertiary/aromatic N) is 1. The molecule has 0 aromatic heterocycles. The van der Waals surface area contributed by atoms with Crippen molar-refractivity contribution in [3.63, 3.8) is 0 Å². The van der Waals surface area contributed by atoms with Crippen LogP contribution in [0.5, 0.6) is 0 Å². The molecule has 1 saturated heterocycles. The van der Waals surface area contributed by atoms with E-state index in [-0.39, 0.29) is 18.4 Å². The van der Waals surface area contributed by atoms with E-state index in [0.29, 0.717) is 22.2 Å². The Bertz CT molecular complexity index is 437. The molecule has 17 heavy (non-hydrogen) atoms. The van der Waals surface area contributed by atoms with Crippen LogP contribution < -0.4 is 0 Å². The molecule has 1 heterocycles. The third kappa shape index (κ3) is 3.19. The van der Waals surface area contributed by atoms with Crippen molar-refractivity contribution in [2.45, 2.75) is 12.5 Å². The van der Waals surface area contributed by atoms with Gasteiger partial charge in [-0.1, -0.05) is 23.2 Å². The first-order valence-corrected chi connectivity index (χ1v) is 6.20. The topological polar surface area (TPSA) is 40.5 Å². The first kappa shape index (κ1) is 12.8. The quantitative estimate of drug-likeness (QED) is 0.859. The molecule has 1 aromatic carbocycles. The number of β-amino-alcohol motifs (C(OH)–C–C–N with tert-alkyl or cyclic N) is 1.